The van der Waals surface area contributed by atoms with E-state index in [9.17, 15) is 5.11 Å². The molecule has 1 aromatic rings. The van der Waals surface area contributed by atoms with E-state index in [4.69, 9.17) is 8.25 Å². The van der Waals surface area contributed by atoms with Crippen LogP contribution in [-0.2, 0) is 23.3 Å². The first kappa shape index (κ1) is 8.34. The second kappa shape index (κ2) is 3.58. The molecule has 0 aliphatic carbocycles. The third kappa shape index (κ3) is 1.86. The monoisotopic (exact) mass is 344 g/mol. The minimum atomic E-state index is -1.40. The van der Waals surface area contributed by atoms with Crippen molar-refractivity contribution in [2.75, 3.05) is 0 Å². The van der Waals surface area contributed by atoms with Gasteiger partial charge in [-0.05, 0) is 0 Å². The van der Waals surface area contributed by atoms with E-state index in [2.05, 4.69) is 0 Å². The maximum absolute atomic E-state index is 9.21. The maximum atomic E-state index is 9.21. The summed E-state index contributed by atoms with van der Waals surface area (Å²) in [5.74, 6) is 0.377. The van der Waals surface area contributed by atoms with Crippen molar-refractivity contribution in [2.45, 2.75) is 6.92 Å². The summed E-state index contributed by atoms with van der Waals surface area (Å²) < 4.78 is 1.02. The van der Waals surface area contributed by atoms with E-state index in [0.29, 0.717) is 5.75 Å². The SMILES string of the molecule is Cc1ccc(O)[c]([Hg][Cl])c1. The van der Waals surface area contributed by atoms with E-state index in [-0.39, 0.29) is 0 Å². The van der Waals surface area contributed by atoms with Gasteiger partial charge in [-0.3, -0.25) is 0 Å². The van der Waals surface area contributed by atoms with Gasteiger partial charge in [0.05, 0.1) is 0 Å². The van der Waals surface area contributed by atoms with E-state index in [1.807, 2.05) is 19.1 Å². The molecule has 0 amide bonds. The second-order valence-electron chi connectivity index (χ2n) is 2.27. The average Bonchev–Trinajstić information content (AvgIpc) is 1.94. The third-order valence-electron chi connectivity index (χ3n) is 1.38. The van der Waals surface area contributed by atoms with Gasteiger partial charge in [-0.25, -0.2) is 0 Å². The van der Waals surface area contributed by atoms with Crippen molar-refractivity contribution in [3.63, 3.8) is 0 Å². The first-order chi connectivity index (χ1) is 4.74. The molecule has 0 aromatic heterocycles. The molecule has 0 unspecified atom stereocenters. The Bertz CT molecular complexity index is 237. The Morgan fingerprint density at radius 2 is 2.20 bits per heavy atom. The molecular formula is C7H7ClHgO. The van der Waals surface area contributed by atoms with E-state index in [0.717, 1.165) is 3.07 Å². The Hall–Kier alpha value is 0.245. The van der Waals surface area contributed by atoms with Gasteiger partial charge in [-0.1, -0.05) is 0 Å². The number of phenolic OH excluding ortho intramolecular Hbond substituents is 1. The summed E-state index contributed by atoms with van der Waals surface area (Å²) in [6.07, 6.45) is 0. The van der Waals surface area contributed by atoms with Crippen LogP contribution in [0.15, 0.2) is 18.2 Å². The molecule has 0 radical (unpaired) electrons. The molecule has 0 bridgehead atoms. The molecule has 1 N–H and O–H groups in total. The molecule has 0 fully saturated rings. The number of aryl methyl sites for hydroxylation is 1. The van der Waals surface area contributed by atoms with Crippen molar-refractivity contribution in [3.05, 3.63) is 23.8 Å². The molecule has 0 atom stereocenters. The minimum absolute atomic E-state index is 0.377. The quantitative estimate of drug-likeness (QED) is 0.768. The topological polar surface area (TPSA) is 20.2 Å². The van der Waals surface area contributed by atoms with Gasteiger partial charge in [0.2, 0.25) is 0 Å². The number of phenols is 1. The number of halogens is 1. The summed E-state index contributed by atoms with van der Waals surface area (Å²) in [6, 6.07) is 5.58. The molecular weight excluding hydrogens is 336 g/mol. The zero-order valence-corrected chi connectivity index (χ0v) is 12.0. The summed E-state index contributed by atoms with van der Waals surface area (Å²) in [5.41, 5.74) is 1.17. The predicted molar refractivity (Wildman–Crippen MR) is 38.3 cm³/mol. The Labute approximate surface area is 75.9 Å². The van der Waals surface area contributed by atoms with Crippen LogP contribution in [0.1, 0.15) is 5.56 Å². The Morgan fingerprint density at radius 3 is 2.70 bits per heavy atom. The van der Waals surface area contributed by atoms with Gasteiger partial charge < -0.3 is 0 Å². The van der Waals surface area contributed by atoms with Crippen LogP contribution < -0.4 is 3.07 Å². The van der Waals surface area contributed by atoms with Gasteiger partial charge in [0.15, 0.2) is 0 Å². The Balaban J connectivity index is 3.09. The zero-order chi connectivity index (χ0) is 7.56. The molecule has 0 heterocycles. The summed E-state index contributed by atoms with van der Waals surface area (Å²) >= 11 is -1.40. The van der Waals surface area contributed by atoms with Crippen LogP contribution in [0.4, 0.5) is 0 Å². The van der Waals surface area contributed by atoms with E-state index in [1.54, 1.807) is 6.07 Å². The molecule has 3 heteroatoms. The fourth-order valence-corrected chi connectivity index (χ4v) is 5.24. The molecule has 1 rings (SSSR count). The van der Waals surface area contributed by atoms with Crippen LogP contribution in [0.2, 0.25) is 0 Å². The fraction of sp³-hybridized carbons (Fsp3) is 0.143. The van der Waals surface area contributed by atoms with E-state index < -0.39 is 23.3 Å². The van der Waals surface area contributed by atoms with Crippen LogP contribution in [-0.4, -0.2) is 5.11 Å². The van der Waals surface area contributed by atoms with Crippen LogP contribution in [0.25, 0.3) is 0 Å². The molecule has 10 heavy (non-hydrogen) atoms. The van der Waals surface area contributed by atoms with Gasteiger partial charge >= 0.3 is 76.2 Å². The van der Waals surface area contributed by atoms with Gasteiger partial charge in [-0.15, -0.1) is 0 Å². The van der Waals surface area contributed by atoms with Crippen LogP contribution >= 0.6 is 8.25 Å². The summed E-state index contributed by atoms with van der Waals surface area (Å²) in [6.45, 7) is 2.00. The Kier molecular flexibility index (Phi) is 2.99. The van der Waals surface area contributed by atoms with Crippen molar-refractivity contribution >= 4 is 11.3 Å². The predicted octanol–water partition coefficient (Wildman–Crippen LogP) is 1.56. The number of rotatable bonds is 1. The zero-order valence-electron chi connectivity index (χ0n) is 5.76. The third-order valence-corrected chi connectivity index (χ3v) is 7.23. The van der Waals surface area contributed by atoms with Gasteiger partial charge in [0.25, 0.3) is 0 Å². The van der Waals surface area contributed by atoms with Crippen LogP contribution in [0.3, 0.4) is 0 Å². The second-order valence-corrected chi connectivity index (χ2v) is 8.61. The summed E-state index contributed by atoms with van der Waals surface area (Å²) in [7, 11) is 5.77. The molecule has 0 saturated carbocycles. The number of aromatic hydroxyl groups is 1. The molecule has 1 nitrogen and oxygen atoms in total. The first-order valence-electron chi connectivity index (χ1n) is 3.08. The molecule has 0 aliphatic rings. The molecule has 0 saturated heterocycles. The fourth-order valence-electron chi connectivity index (χ4n) is 0.821. The Morgan fingerprint density at radius 1 is 1.50 bits per heavy atom. The van der Waals surface area contributed by atoms with Crippen molar-refractivity contribution in [1.29, 1.82) is 0 Å². The summed E-state index contributed by atoms with van der Waals surface area (Å²) in [5, 5.41) is 9.21. The molecule has 0 aliphatic heterocycles. The number of hydrogen-bond donors (Lipinski definition) is 1. The van der Waals surface area contributed by atoms with Gasteiger partial charge in [-0.2, -0.15) is 0 Å². The van der Waals surface area contributed by atoms with Crippen molar-refractivity contribution < 1.29 is 28.4 Å². The van der Waals surface area contributed by atoms with Crippen molar-refractivity contribution in [3.8, 4) is 5.75 Å². The normalized spacial score (nSPS) is 9.00. The van der Waals surface area contributed by atoms with E-state index >= 15 is 0 Å². The standard InChI is InChI=1S/C7H7O.ClH.Hg/c1-6-2-4-7(8)5-3-6;;/h2-4,8H,1H3;1H;/q;;+1/p-1. The van der Waals surface area contributed by atoms with Crippen molar-refractivity contribution in [2.24, 2.45) is 0 Å². The van der Waals surface area contributed by atoms with Crippen LogP contribution in [0.5, 0.6) is 5.75 Å². The first-order valence-corrected chi connectivity index (χ1v) is 12.6. The molecule has 0 spiro atoms. The average molecular weight is 343 g/mol. The number of hydrogen-bond acceptors (Lipinski definition) is 1. The van der Waals surface area contributed by atoms with Crippen molar-refractivity contribution in [1.82, 2.24) is 0 Å². The number of benzene rings is 1. The van der Waals surface area contributed by atoms with E-state index in [1.165, 1.54) is 5.56 Å². The summed E-state index contributed by atoms with van der Waals surface area (Å²) in [4.78, 5) is 0. The van der Waals surface area contributed by atoms with Gasteiger partial charge in [0, 0.05) is 0 Å². The van der Waals surface area contributed by atoms with Gasteiger partial charge in [0.1, 0.15) is 0 Å². The molecule has 50 valence electrons. The van der Waals surface area contributed by atoms with Crippen LogP contribution in [0, 0.1) is 6.92 Å². The molecule has 1 aromatic carbocycles.